The van der Waals surface area contributed by atoms with Crippen LogP contribution in [0.3, 0.4) is 0 Å². The average Bonchev–Trinajstić information content (AvgIpc) is 2.69. The number of aliphatic hydroxyl groups excluding tert-OH is 1. The van der Waals surface area contributed by atoms with E-state index in [4.69, 9.17) is 0 Å². The number of hydrogen-bond donors (Lipinski definition) is 2. The third-order valence-corrected chi connectivity index (χ3v) is 4.05. The highest BCUT2D eigenvalue weighted by Gasteiger charge is 2.38. The highest BCUT2D eigenvalue weighted by atomic mass is 19.1. The van der Waals surface area contributed by atoms with Crippen molar-refractivity contribution in [2.75, 3.05) is 5.32 Å². The maximum atomic E-state index is 13.8. The summed E-state index contributed by atoms with van der Waals surface area (Å²) in [6, 6.07) is 11.4. The molecule has 0 spiro atoms. The Bertz CT molecular complexity index is 724. The maximum Gasteiger partial charge on any atom is 0.234 e. The second-order valence-corrected chi connectivity index (χ2v) is 5.81. The number of amides is 1. The molecule has 0 fully saturated rings. The number of rotatable bonds is 2. The van der Waals surface area contributed by atoms with Gasteiger partial charge in [-0.2, -0.15) is 0 Å². The van der Waals surface area contributed by atoms with Crippen molar-refractivity contribution in [3.8, 4) is 0 Å². The Morgan fingerprint density at radius 2 is 1.90 bits per heavy atom. The zero-order valence-corrected chi connectivity index (χ0v) is 11.9. The van der Waals surface area contributed by atoms with Crippen LogP contribution in [-0.2, 0) is 10.2 Å². The molecule has 1 aliphatic heterocycles. The number of fused-ring (bicyclic) bond motifs is 1. The van der Waals surface area contributed by atoms with Gasteiger partial charge in [-0.05, 0) is 43.2 Å². The number of nitrogens with one attached hydrogen (secondary N) is 1. The lowest BCUT2D eigenvalue weighted by Crippen LogP contribution is -2.26. The van der Waals surface area contributed by atoms with Crippen LogP contribution >= 0.6 is 0 Å². The summed E-state index contributed by atoms with van der Waals surface area (Å²) in [6.45, 7) is 3.65. The van der Waals surface area contributed by atoms with Gasteiger partial charge in [0.15, 0.2) is 0 Å². The van der Waals surface area contributed by atoms with E-state index in [0.717, 1.165) is 11.3 Å². The molecule has 2 aromatic rings. The summed E-state index contributed by atoms with van der Waals surface area (Å²) in [7, 11) is 0. The highest BCUT2D eigenvalue weighted by molar-refractivity contribution is 6.05. The van der Waals surface area contributed by atoms with Crippen molar-refractivity contribution in [2.24, 2.45) is 0 Å². The van der Waals surface area contributed by atoms with Crippen molar-refractivity contribution in [1.82, 2.24) is 0 Å². The number of carbonyl (C=O) groups is 1. The molecule has 21 heavy (non-hydrogen) atoms. The third kappa shape index (κ3) is 2.12. The lowest BCUT2D eigenvalue weighted by atomic mass is 9.84. The molecule has 2 N–H and O–H groups in total. The number of aliphatic hydroxyl groups is 1. The molecule has 1 unspecified atom stereocenters. The van der Waals surface area contributed by atoms with E-state index >= 15 is 0 Å². The first kappa shape index (κ1) is 13.8. The van der Waals surface area contributed by atoms with Crippen LogP contribution in [0.1, 0.15) is 36.6 Å². The molecule has 0 saturated carbocycles. The van der Waals surface area contributed by atoms with Gasteiger partial charge >= 0.3 is 0 Å². The monoisotopic (exact) mass is 285 g/mol. The molecule has 0 radical (unpaired) electrons. The van der Waals surface area contributed by atoms with Crippen molar-refractivity contribution in [3.63, 3.8) is 0 Å². The van der Waals surface area contributed by atoms with Gasteiger partial charge in [0.25, 0.3) is 0 Å². The summed E-state index contributed by atoms with van der Waals surface area (Å²) < 4.78 is 13.8. The zero-order valence-electron chi connectivity index (χ0n) is 11.9. The fourth-order valence-corrected chi connectivity index (χ4v) is 2.64. The van der Waals surface area contributed by atoms with Gasteiger partial charge in [-0.15, -0.1) is 0 Å². The third-order valence-electron chi connectivity index (χ3n) is 4.05. The van der Waals surface area contributed by atoms with Gasteiger partial charge in [0.1, 0.15) is 11.9 Å². The summed E-state index contributed by atoms with van der Waals surface area (Å²) in [5.74, 6) is -0.519. The number of anilines is 1. The van der Waals surface area contributed by atoms with Gasteiger partial charge < -0.3 is 10.4 Å². The van der Waals surface area contributed by atoms with Crippen LogP contribution in [0, 0.1) is 5.82 Å². The Kier molecular flexibility index (Phi) is 3.06. The summed E-state index contributed by atoms with van der Waals surface area (Å²) in [5, 5.41) is 13.2. The molecular weight excluding hydrogens is 269 g/mol. The minimum Gasteiger partial charge on any atom is -0.384 e. The summed E-state index contributed by atoms with van der Waals surface area (Å²) in [6.07, 6.45) is -1.05. The molecule has 1 heterocycles. The van der Waals surface area contributed by atoms with E-state index in [1.165, 1.54) is 6.07 Å². The molecule has 4 heteroatoms. The maximum absolute atomic E-state index is 13.8. The molecule has 3 rings (SSSR count). The van der Waals surface area contributed by atoms with Gasteiger partial charge in [-0.1, -0.05) is 24.3 Å². The van der Waals surface area contributed by atoms with E-state index in [2.05, 4.69) is 5.32 Å². The number of halogens is 1. The zero-order chi connectivity index (χ0) is 15.2. The van der Waals surface area contributed by atoms with Crippen molar-refractivity contribution in [2.45, 2.75) is 25.4 Å². The molecule has 2 aromatic carbocycles. The van der Waals surface area contributed by atoms with Crippen LogP contribution in [0.4, 0.5) is 10.1 Å². The SMILES string of the molecule is CC1(C)C(=O)Nc2ccc(C(O)c3ccccc3F)cc21. The fraction of sp³-hybridized carbons (Fsp3) is 0.235. The second kappa shape index (κ2) is 4.67. The first-order valence-corrected chi connectivity index (χ1v) is 6.79. The Labute approximate surface area is 122 Å². The van der Waals surface area contributed by atoms with E-state index in [-0.39, 0.29) is 11.5 Å². The van der Waals surface area contributed by atoms with Crippen LogP contribution < -0.4 is 5.32 Å². The summed E-state index contributed by atoms with van der Waals surface area (Å²) in [5.41, 5.74) is 1.71. The molecule has 108 valence electrons. The highest BCUT2D eigenvalue weighted by Crippen LogP contribution is 2.39. The van der Waals surface area contributed by atoms with Gasteiger partial charge in [-0.3, -0.25) is 4.79 Å². The minimum absolute atomic E-state index is 0.0740. The Balaban J connectivity index is 2.05. The van der Waals surface area contributed by atoms with Crippen LogP contribution in [0.5, 0.6) is 0 Å². The van der Waals surface area contributed by atoms with Crippen molar-refractivity contribution in [3.05, 3.63) is 65.0 Å². The number of hydrogen-bond acceptors (Lipinski definition) is 2. The number of carbonyl (C=O) groups excluding carboxylic acids is 1. The second-order valence-electron chi connectivity index (χ2n) is 5.81. The molecule has 1 amide bonds. The van der Waals surface area contributed by atoms with Crippen molar-refractivity contribution >= 4 is 11.6 Å². The Morgan fingerprint density at radius 3 is 2.62 bits per heavy atom. The molecule has 0 aliphatic carbocycles. The van der Waals surface area contributed by atoms with E-state index < -0.39 is 17.3 Å². The van der Waals surface area contributed by atoms with E-state index in [9.17, 15) is 14.3 Å². The fourth-order valence-electron chi connectivity index (χ4n) is 2.64. The molecule has 1 aliphatic rings. The minimum atomic E-state index is -1.05. The first-order valence-electron chi connectivity index (χ1n) is 6.79. The number of benzene rings is 2. The molecule has 0 bridgehead atoms. The topological polar surface area (TPSA) is 49.3 Å². The average molecular weight is 285 g/mol. The Morgan fingerprint density at radius 1 is 1.19 bits per heavy atom. The van der Waals surface area contributed by atoms with E-state index in [0.29, 0.717) is 5.56 Å². The molecule has 1 atom stereocenters. The summed E-state index contributed by atoms with van der Waals surface area (Å²) in [4.78, 5) is 11.9. The van der Waals surface area contributed by atoms with Gasteiger partial charge in [0.05, 0.1) is 5.41 Å². The van der Waals surface area contributed by atoms with Crippen LogP contribution in [0.25, 0.3) is 0 Å². The summed E-state index contributed by atoms with van der Waals surface area (Å²) >= 11 is 0. The molecular formula is C17H16FNO2. The largest absolute Gasteiger partial charge is 0.384 e. The normalized spacial score (nSPS) is 17.2. The predicted molar refractivity (Wildman–Crippen MR) is 78.6 cm³/mol. The van der Waals surface area contributed by atoms with Crippen LogP contribution in [0.15, 0.2) is 42.5 Å². The van der Waals surface area contributed by atoms with Crippen molar-refractivity contribution in [1.29, 1.82) is 0 Å². The van der Waals surface area contributed by atoms with Gasteiger partial charge in [-0.25, -0.2) is 4.39 Å². The van der Waals surface area contributed by atoms with Gasteiger partial charge in [0, 0.05) is 11.3 Å². The Hall–Kier alpha value is -2.20. The standard InChI is InChI=1S/C17H16FNO2/c1-17(2)12-9-10(7-8-14(12)19-16(17)21)15(20)11-5-3-4-6-13(11)18/h3-9,15,20H,1-2H3,(H,19,21). The lowest BCUT2D eigenvalue weighted by molar-refractivity contribution is -0.119. The van der Waals surface area contributed by atoms with Gasteiger partial charge in [0.2, 0.25) is 5.91 Å². The van der Waals surface area contributed by atoms with Crippen LogP contribution in [-0.4, -0.2) is 11.0 Å². The quantitative estimate of drug-likeness (QED) is 0.890. The predicted octanol–water partition coefficient (Wildman–Crippen LogP) is 3.14. The molecule has 3 nitrogen and oxygen atoms in total. The molecule has 0 saturated heterocycles. The molecule has 0 aromatic heterocycles. The smallest absolute Gasteiger partial charge is 0.234 e. The first-order chi connectivity index (χ1) is 9.91. The van der Waals surface area contributed by atoms with Crippen molar-refractivity contribution < 1.29 is 14.3 Å². The lowest BCUT2D eigenvalue weighted by Gasteiger charge is -2.18. The van der Waals surface area contributed by atoms with E-state index in [1.54, 1.807) is 36.4 Å². The van der Waals surface area contributed by atoms with E-state index in [1.807, 2.05) is 13.8 Å². The van der Waals surface area contributed by atoms with Crippen LogP contribution in [0.2, 0.25) is 0 Å².